The molecular formula is C24H46O2S. The van der Waals surface area contributed by atoms with E-state index < -0.39 is 10.0 Å². The molecule has 0 fully saturated rings. The maximum Gasteiger partial charge on any atom is 0.0697 e. The van der Waals surface area contributed by atoms with Gasteiger partial charge in [0.05, 0.1) is 13.2 Å². The van der Waals surface area contributed by atoms with Crippen LogP contribution in [0, 0.1) is 0 Å². The molecule has 2 nitrogen and oxygen atoms in total. The lowest BCUT2D eigenvalue weighted by molar-refractivity contribution is 0.0895. The maximum absolute atomic E-state index is 8.61. The maximum atomic E-state index is 8.61. The summed E-state index contributed by atoms with van der Waals surface area (Å²) in [5.74, 6) is 0. The molecule has 0 aromatic heterocycles. The molecule has 1 aromatic rings. The number of benzene rings is 1. The van der Waals surface area contributed by atoms with Gasteiger partial charge >= 0.3 is 0 Å². The molecule has 0 spiro atoms. The molecule has 0 unspecified atom stereocenters. The van der Waals surface area contributed by atoms with Gasteiger partial charge in [-0.05, 0) is 60.6 Å². The molecule has 0 aliphatic rings. The van der Waals surface area contributed by atoms with Crippen LogP contribution in [0.3, 0.4) is 0 Å². The Labute approximate surface area is 171 Å². The zero-order chi connectivity index (χ0) is 20.4. The van der Waals surface area contributed by atoms with Gasteiger partial charge in [-0.2, -0.15) is 0 Å². The SMILES string of the molecule is CC.CS(C)(C)c1ccc(CCCCCCCCCCCOCCO)cc1. The Balaban J connectivity index is 0.00000326. The second kappa shape index (κ2) is 17.6. The summed E-state index contributed by atoms with van der Waals surface area (Å²) in [6.45, 7) is 5.43. The van der Waals surface area contributed by atoms with Crippen molar-refractivity contribution >= 4 is 10.0 Å². The quantitative estimate of drug-likeness (QED) is 0.328. The van der Waals surface area contributed by atoms with E-state index >= 15 is 0 Å². The fourth-order valence-electron chi connectivity index (χ4n) is 3.00. The van der Waals surface area contributed by atoms with Crippen molar-refractivity contribution in [3.8, 4) is 0 Å². The van der Waals surface area contributed by atoms with Crippen LogP contribution in [0.5, 0.6) is 0 Å². The molecule has 0 atom stereocenters. The van der Waals surface area contributed by atoms with Crippen molar-refractivity contribution in [2.24, 2.45) is 0 Å². The number of rotatable bonds is 15. The summed E-state index contributed by atoms with van der Waals surface area (Å²) < 4.78 is 5.27. The van der Waals surface area contributed by atoms with E-state index in [1.807, 2.05) is 13.8 Å². The van der Waals surface area contributed by atoms with Gasteiger partial charge in [0.15, 0.2) is 0 Å². The van der Waals surface area contributed by atoms with Crippen molar-refractivity contribution in [3.05, 3.63) is 29.8 Å². The molecule has 1 rings (SSSR count). The number of hydrogen-bond acceptors (Lipinski definition) is 2. The topological polar surface area (TPSA) is 29.5 Å². The summed E-state index contributed by atoms with van der Waals surface area (Å²) in [5.41, 5.74) is 1.50. The predicted octanol–water partition coefficient (Wildman–Crippen LogP) is 6.83. The van der Waals surface area contributed by atoms with Gasteiger partial charge in [-0.3, -0.25) is 0 Å². The monoisotopic (exact) mass is 398 g/mol. The van der Waals surface area contributed by atoms with Crippen LogP contribution in [0.25, 0.3) is 0 Å². The van der Waals surface area contributed by atoms with Crippen LogP contribution in [0.1, 0.15) is 77.2 Å². The number of aliphatic hydroxyl groups is 1. The number of aryl methyl sites for hydroxylation is 1. The van der Waals surface area contributed by atoms with E-state index in [0.717, 1.165) is 13.0 Å². The Kier molecular flexibility index (Phi) is 17.2. The van der Waals surface area contributed by atoms with Gasteiger partial charge in [-0.25, -0.2) is 10.0 Å². The van der Waals surface area contributed by atoms with Gasteiger partial charge in [0, 0.05) is 6.61 Å². The summed E-state index contributed by atoms with van der Waals surface area (Å²) in [6, 6.07) is 9.33. The first-order chi connectivity index (χ1) is 13.0. The van der Waals surface area contributed by atoms with E-state index in [4.69, 9.17) is 9.84 Å². The van der Waals surface area contributed by atoms with E-state index in [1.54, 1.807) is 0 Å². The Morgan fingerprint density at radius 2 is 1.19 bits per heavy atom. The largest absolute Gasteiger partial charge is 0.394 e. The first-order valence-electron chi connectivity index (χ1n) is 11.0. The van der Waals surface area contributed by atoms with Gasteiger partial charge in [0.1, 0.15) is 0 Å². The average molecular weight is 399 g/mol. The minimum absolute atomic E-state index is 0.142. The molecule has 0 heterocycles. The second-order valence-electron chi connectivity index (χ2n) is 7.75. The molecule has 1 N–H and O–H groups in total. The molecule has 0 saturated heterocycles. The molecule has 0 radical (unpaired) electrons. The van der Waals surface area contributed by atoms with Crippen LogP contribution in [0.4, 0.5) is 0 Å². The average Bonchev–Trinajstić information content (AvgIpc) is 2.67. The molecule has 0 bridgehead atoms. The molecule has 3 heteroatoms. The standard InChI is InChI=1S/C22H40O2S.C2H6/c1-25(2,3)22-16-14-21(15-17-22)13-11-9-7-5-4-6-8-10-12-19-24-20-18-23;1-2/h14-17,23H,4-13,18-20H2,1-3H3;1-2H3. The van der Waals surface area contributed by atoms with E-state index in [2.05, 4.69) is 43.0 Å². The molecular weight excluding hydrogens is 352 g/mol. The Morgan fingerprint density at radius 3 is 1.67 bits per heavy atom. The predicted molar refractivity (Wildman–Crippen MR) is 125 cm³/mol. The molecule has 0 amide bonds. The highest BCUT2D eigenvalue weighted by Crippen LogP contribution is 2.44. The fraction of sp³-hybridized carbons (Fsp3) is 0.750. The summed E-state index contributed by atoms with van der Waals surface area (Å²) in [5, 5.41) is 8.61. The van der Waals surface area contributed by atoms with Crippen molar-refractivity contribution in [1.82, 2.24) is 0 Å². The van der Waals surface area contributed by atoms with E-state index in [9.17, 15) is 0 Å². The normalized spacial score (nSPS) is 11.8. The third-order valence-corrected chi connectivity index (χ3v) is 6.31. The highest BCUT2D eigenvalue weighted by molar-refractivity contribution is 8.32. The van der Waals surface area contributed by atoms with Crippen molar-refractivity contribution < 1.29 is 9.84 Å². The van der Waals surface area contributed by atoms with Crippen molar-refractivity contribution in [2.75, 3.05) is 38.6 Å². The van der Waals surface area contributed by atoms with Crippen molar-refractivity contribution in [1.29, 1.82) is 0 Å². The van der Waals surface area contributed by atoms with Gasteiger partial charge in [-0.1, -0.05) is 70.9 Å². The summed E-state index contributed by atoms with van der Waals surface area (Å²) in [6.07, 6.45) is 20.2. The molecule has 0 aliphatic carbocycles. The summed E-state index contributed by atoms with van der Waals surface area (Å²) in [7, 11) is -0.585. The minimum atomic E-state index is -0.585. The zero-order valence-electron chi connectivity index (χ0n) is 18.8. The lowest BCUT2D eigenvalue weighted by Crippen LogP contribution is -2.00. The van der Waals surface area contributed by atoms with Gasteiger partial charge in [0.25, 0.3) is 0 Å². The van der Waals surface area contributed by atoms with Crippen LogP contribution in [0.15, 0.2) is 29.2 Å². The van der Waals surface area contributed by atoms with Gasteiger partial charge < -0.3 is 9.84 Å². The lowest BCUT2D eigenvalue weighted by atomic mass is 10.0. The summed E-state index contributed by atoms with van der Waals surface area (Å²) >= 11 is 0. The van der Waals surface area contributed by atoms with Crippen LogP contribution >= 0.6 is 10.0 Å². The Bertz CT molecular complexity index is 423. The molecule has 0 aliphatic heterocycles. The fourth-order valence-corrected chi connectivity index (χ4v) is 3.95. The number of unbranched alkanes of at least 4 members (excludes halogenated alkanes) is 8. The van der Waals surface area contributed by atoms with E-state index in [0.29, 0.717) is 6.61 Å². The van der Waals surface area contributed by atoms with Crippen LogP contribution in [-0.4, -0.2) is 43.7 Å². The number of aliphatic hydroxyl groups excluding tert-OH is 1. The minimum Gasteiger partial charge on any atom is -0.394 e. The summed E-state index contributed by atoms with van der Waals surface area (Å²) in [4.78, 5) is 1.51. The molecule has 27 heavy (non-hydrogen) atoms. The van der Waals surface area contributed by atoms with Gasteiger partial charge in [-0.15, -0.1) is 0 Å². The smallest absolute Gasteiger partial charge is 0.0697 e. The van der Waals surface area contributed by atoms with E-state index in [-0.39, 0.29) is 6.61 Å². The van der Waals surface area contributed by atoms with Crippen molar-refractivity contribution in [2.45, 2.75) is 83.0 Å². The third kappa shape index (κ3) is 15.1. The highest BCUT2D eigenvalue weighted by atomic mass is 32.3. The number of ether oxygens (including phenoxy) is 1. The first-order valence-corrected chi connectivity index (χ1v) is 13.9. The van der Waals surface area contributed by atoms with Crippen LogP contribution < -0.4 is 0 Å². The Hall–Kier alpha value is -0.510. The third-order valence-electron chi connectivity index (χ3n) is 4.62. The number of hydrogen-bond donors (Lipinski definition) is 1. The van der Waals surface area contributed by atoms with Crippen LogP contribution in [0.2, 0.25) is 0 Å². The Morgan fingerprint density at radius 1 is 0.704 bits per heavy atom. The molecule has 160 valence electrons. The second-order valence-corrected chi connectivity index (χ2v) is 11.9. The molecule has 1 aromatic carbocycles. The zero-order valence-corrected chi connectivity index (χ0v) is 19.6. The highest BCUT2D eigenvalue weighted by Gasteiger charge is 2.06. The van der Waals surface area contributed by atoms with Gasteiger partial charge in [0.2, 0.25) is 0 Å². The first kappa shape index (κ1) is 26.5. The van der Waals surface area contributed by atoms with Crippen LogP contribution in [-0.2, 0) is 11.2 Å². The van der Waals surface area contributed by atoms with Crippen molar-refractivity contribution in [3.63, 3.8) is 0 Å². The van der Waals surface area contributed by atoms with E-state index in [1.165, 1.54) is 68.2 Å². The lowest BCUT2D eigenvalue weighted by Gasteiger charge is -2.25. The molecule has 0 saturated carbocycles.